The van der Waals surface area contributed by atoms with Gasteiger partial charge >= 0.3 is 12.0 Å². The summed E-state index contributed by atoms with van der Waals surface area (Å²) < 4.78 is 13.2. The van der Waals surface area contributed by atoms with Crippen LogP contribution in [0.2, 0.25) is 0 Å². The Kier molecular flexibility index (Phi) is 9.57. The van der Waals surface area contributed by atoms with E-state index in [0.29, 0.717) is 37.2 Å². The van der Waals surface area contributed by atoms with Crippen molar-refractivity contribution >= 4 is 35.2 Å². The van der Waals surface area contributed by atoms with Gasteiger partial charge in [-0.1, -0.05) is 49.4 Å². The molecule has 4 amide bonds. The average Bonchev–Trinajstić information content (AvgIpc) is 2.96. The number of hydrogen-bond acceptors (Lipinski definition) is 4. The van der Waals surface area contributed by atoms with Crippen molar-refractivity contribution in [3.63, 3.8) is 0 Å². The lowest BCUT2D eigenvalue weighted by Gasteiger charge is -2.38. The number of amides is 4. The van der Waals surface area contributed by atoms with Gasteiger partial charge in [-0.25, -0.2) is 14.0 Å². The Labute approximate surface area is 244 Å². The second-order valence-corrected chi connectivity index (χ2v) is 10.9. The zero-order valence-corrected chi connectivity index (χ0v) is 23.7. The van der Waals surface area contributed by atoms with Gasteiger partial charge in [0.25, 0.3) is 0 Å². The number of nitrogens with zero attached hydrogens (tertiary/aromatic N) is 1. The zero-order chi connectivity index (χ0) is 30.3. The van der Waals surface area contributed by atoms with Crippen LogP contribution in [0, 0.1) is 18.2 Å². The van der Waals surface area contributed by atoms with Gasteiger partial charge in [0.1, 0.15) is 11.9 Å². The maximum atomic E-state index is 13.2. The standard InChI is InChI=1S/C32H35FN4O5/c1-21-5-3-4-6-26(21)36-31(42)34-25-13-9-23(10-14-25)20-28(38)37-17-15-32(2,16-18-37)30(41)35-27(29(39)40)19-22-7-11-24(33)12-8-22/h3-14,27H,15-20H2,1-2H3,(H,35,41)(H,39,40)(H2,34,36,42). The number of urea groups is 1. The second-order valence-electron chi connectivity index (χ2n) is 10.9. The number of halogens is 1. The van der Waals surface area contributed by atoms with E-state index in [1.54, 1.807) is 36.1 Å². The van der Waals surface area contributed by atoms with Crippen LogP contribution in [0.4, 0.5) is 20.6 Å². The monoisotopic (exact) mass is 574 g/mol. The van der Waals surface area contributed by atoms with Crippen LogP contribution < -0.4 is 16.0 Å². The molecule has 3 aromatic rings. The van der Waals surface area contributed by atoms with Crippen LogP contribution in [-0.4, -0.2) is 53.0 Å². The Morgan fingerprint density at radius 3 is 2.14 bits per heavy atom. The van der Waals surface area contributed by atoms with Crippen LogP contribution in [0.25, 0.3) is 0 Å². The van der Waals surface area contributed by atoms with Gasteiger partial charge in [-0.05, 0) is 66.8 Å². The number of benzene rings is 3. The second kappa shape index (κ2) is 13.3. The average molecular weight is 575 g/mol. The fourth-order valence-corrected chi connectivity index (χ4v) is 4.86. The van der Waals surface area contributed by atoms with Crippen molar-refractivity contribution in [3.05, 3.63) is 95.3 Å². The summed E-state index contributed by atoms with van der Waals surface area (Å²) >= 11 is 0. The van der Waals surface area contributed by atoms with Crippen LogP contribution >= 0.6 is 0 Å². The number of likely N-dealkylation sites (tertiary alicyclic amines) is 1. The number of anilines is 2. The Morgan fingerprint density at radius 2 is 1.52 bits per heavy atom. The Hall–Kier alpha value is -4.73. The molecule has 10 heteroatoms. The summed E-state index contributed by atoms with van der Waals surface area (Å²) in [6.45, 7) is 4.43. The molecule has 4 N–H and O–H groups in total. The topological polar surface area (TPSA) is 128 Å². The minimum Gasteiger partial charge on any atom is -0.480 e. The number of rotatable bonds is 9. The molecule has 1 saturated heterocycles. The minimum atomic E-state index is -1.17. The van der Waals surface area contributed by atoms with E-state index in [2.05, 4.69) is 16.0 Å². The Morgan fingerprint density at radius 1 is 0.905 bits per heavy atom. The van der Waals surface area contributed by atoms with Gasteiger partial charge in [0.15, 0.2) is 0 Å². The SMILES string of the molecule is Cc1ccccc1NC(=O)Nc1ccc(CC(=O)N2CCC(C)(C(=O)NC(Cc3ccc(F)cc3)C(=O)O)CC2)cc1. The van der Waals surface area contributed by atoms with Crippen LogP contribution in [0.3, 0.4) is 0 Å². The lowest BCUT2D eigenvalue weighted by Crippen LogP contribution is -2.53. The predicted molar refractivity (Wildman–Crippen MR) is 158 cm³/mol. The molecule has 1 atom stereocenters. The number of carboxylic acids is 1. The summed E-state index contributed by atoms with van der Waals surface area (Å²) in [5.74, 6) is -2.04. The molecule has 1 heterocycles. The van der Waals surface area contributed by atoms with E-state index in [4.69, 9.17) is 0 Å². The van der Waals surface area contributed by atoms with Gasteiger partial charge in [-0.2, -0.15) is 0 Å². The molecule has 0 aromatic heterocycles. The number of carbonyl (C=O) groups excluding carboxylic acids is 3. The highest BCUT2D eigenvalue weighted by molar-refractivity contribution is 6.00. The zero-order valence-electron chi connectivity index (χ0n) is 23.7. The first-order chi connectivity index (χ1) is 20.0. The third-order valence-corrected chi connectivity index (χ3v) is 7.68. The summed E-state index contributed by atoms with van der Waals surface area (Å²) in [6.07, 6.45) is 1.00. The molecule has 0 aliphatic carbocycles. The van der Waals surface area contributed by atoms with Crippen molar-refractivity contribution in [2.75, 3.05) is 23.7 Å². The van der Waals surface area contributed by atoms with E-state index in [-0.39, 0.29) is 30.7 Å². The lowest BCUT2D eigenvalue weighted by atomic mass is 9.79. The van der Waals surface area contributed by atoms with E-state index < -0.39 is 23.2 Å². The summed E-state index contributed by atoms with van der Waals surface area (Å²) in [5.41, 5.74) is 2.84. The fourth-order valence-electron chi connectivity index (χ4n) is 4.86. The Balaban J connectivity index is 1.25. The quantitative estimate of drug-likeness (QED) is 0.293. The number of carbonyl (C=O) groups is 4. The molecule has 1 unspecified atom stereocenters. The highest BCUT2D eigenvalue weighted by atomic mass is 19.1. The molecule has 42 heavy (non-hydrogen) atoms. The van der Waals surface area contributed by atoms with Crippen molar-refractivity contribution in [3.8, 4) is 0 Å². The van der Waals surface area contributed by atoms with Crippen LogP contribution in [-0.2, 0) is 27.2 Å². The van der Waals surface area contributed by atoms with Crippen molar-refractivity contribution < 1.29 is 28.7 Å². The first kappa shape index (κ1) is 30.2. The molecule has 0 radical (unpaired) electrons. The van der Waals surface area contributed by atoms with Crippen molar-refractivity contribution in [2.24, 2.45) is 5.41 Å². The number of carboxylic acid groups (broad SMARTS) is 1. The third kappa shape index (κ3) is 7.93. The number of aliphatic carboxylic acids is 1. The van der Waals surface area contributed by atoms with Gasteiger partial charge in [0.2, 0.25) is 11.8 Å². The lowest BCUT2D eigenvalue weighted by molar-refractivity contribution is -0.145. The summed E-state index contributed by atoms with van der Waals surface area (Å²) in [6, 6.07) is 18.5. The summed E-state index contributed by atoms with van der Waals surface area (Å²) in [7, 11) is 0. The van der Waals surface area contributed by atoms with Crippen molar-refractivity contribution in [1.82, 2.24) is 10.2 Å². The maximum absolute atomic E-state index is 13.2. The molecule has 1 fully saturated rings. The molecule has 1 aliphatic heterocycles. The highest BCUT2D eigenvalue weighted by Gasteiger charge is 2.39. The summed E-state index contributed by atoms with van der Waals surface area (Å²) in [4.78, 5) is 51.9. The number of nitrogens with one attached hydrogen (secondary N) is 3. The largest absolute Gasteiger partial charge is 0.480 e. The molecule has 9 nitrogen and oxygen atoms in total. The maximum Gasteiger partial charge on any atom is 0.326 e. The minimum absolute atomic E-state index is 0.0354. The van der Waals surface area contributed by atoms with Gasteiger partial charge in [0.05, 0.1) is 6.42 Å². The normalized spacial score (nSPS) is 14.9. The fraction of sp³-hybridized carbons (Fsp3) is 0.312. The molecule has 1 aliphatic rings. The molecule has 0 spiro atoms. The molecule has 0 bridgehead atoms. The van der Waals surface area contributed by atoms with Gasteiger partial charge in [0, 0.05) is 36.3 Å². The van der Waals surface area contributed by atoms with Crippen LogP contribution in [0.15, 0.2) is 72.8 Å². The third-order valence-electron chi connectivity index (χ3n) is 7.68. The first-order valence-electron chi connectivity index (χ1n) is 13.8. The molecule has 0 saturated carbocycles. The van der Waals surface area contributed by atoms with Crippen LogP contribution in [0.5, 0.6) is 0 Å². The van der Waals surface area contributed by atoms with Gasteiger partial charge in [-0.15, -0.1) is 0 Å². The van der Waals surface area contributed by atoms with Gasteiger partial charge in [-0.3, -0.25) is 9.59 Å². The smallest absolute Gasteiger partial charge is 0.326 e. The van der Waals surface area contributed by atoms with E-state index in [9.17, 15) is 28.7 Å². The van der Waals surface area contributed by atoms with Crippen LogP contribution in [0.1, 0.15) is 36.5 Å². The number of hydrogen-bond donors (Lipinski definition) is 4. The molecule has 220 valence electrons. The summed E-state index contributed by atoms with van der Waals surface area (Å²) in [5, 5.41) is 17.9. The number of para-hydroxylation sites is 1. The van der Waals surface area contributed by atoms with Gasteiger partial charge < -0.3 is 26.0 Å². The van der Waals surface area contributed by atoms with Crippen molar-refractivity contribution in [1.29, 1.82) is 0 Å². The molecular weight excluding hydrogens is 539 g/mol. The number of aryl methyl sites for hydroxylation is 1. The van der Waals surface area contributed by atoms with E-state index in [1.165, 1.54) is 24.3 Å². The predicted octanol–water partition coefficient (Wildman–Crippen LogP) is 4.76. The van der Waals surface area contributed by atoms with E-state index in [0.717, 1.165) is 16.8 Å². The van der Waals surface area contributed by atoms with E-state index >= 15 is 0 Å². The first-order valence-corrected chi connectivity index (χ1v) is 13.8. The van der Waals surface area contributed by atoms with E-state index in [1.807, 2.05) is 31.2 Å². The molecule has 3 aromatic carbocycles. The Bertz CT molecular complexity index is 1430. The molecular formula is C32H35FN4O5. The highest BCUT2D eigenvalue weighted by Crippen LogP contribution is 2.32. The number of piperidine rings is 1. The van der Waals surface area contributed by atoms with Crippen molar-refractivity contribution in [2.45, 2.75) is 45.6 Å². The molecule has 4 rings (SSSR count).